The Morgan fingerprint density at radius 2 is 1.79 bits per heavy atom. The zero-order valence-corrected chi connectivity index (χ0v) is 13.3. The zero-order valence-electron chi connectivity index (χ0n) is 11.7. The van der Waals surface area contributed by atoms with Gasteiger partial charge in [-0.2, -0.15) is 0 Å². The molecule has 0 saturated carbocycles. The molecule has 1 N–H and O–H groups in total. The van der Waals surface area contributed by atoms with Crippen molar-refractivity contribution >= 4 is 27.8 Å². The van der Waals surface area contributed by atoms with Crippen molar-refractivity contribution in [2.24, 2.45) is 0 Å². The van der Waals surface area contributed by atoms with Crippen molar-refractivity contribution in [3.63, 3.8) is 0 Å². The first-order valence-electron chi connectivity index (χ1n) is 6.84. The predicted molar refractivity (Wildman–Crippen MR) is 83.2 cm³/mol. The highest BCUT2D eigenvalue weighted by atomic mass is 32.1. The Labute approximate surface area is 122 Å². The SMILES string of the molecule is CCCc1nc(CCC)c(-c2nnc(NCC)s2)s1. The van der Waals surface area contributed by atoms with Crippen molar-refractivity contribution in [3.05, 3.63) is 10.7 Å². The molecule has 104 valence electrons. The quantitative estimate of drug-likeness (QED) is 0.839. The van der Waals surface area contributed by atoms with Gasteiger partial charge in [-0.1, -0.05) is 31.6 Å². The molecule has 0 saturated heterocycles. The first-order chi connectivity index (χ1) is 9.28. The molecule has 0 amide bonds. The van der Waals surface area contributed by atoms with E-state index in [9.17, 15) is 0 Å². The van der Waals surface area contributed by atoms with E-state index >= 15 is 0 Å². The fourth-order valence-corrected chi connectivity index (χ4v) is 3.95. The Bertz CT molecular complexity index is 518. The van der Waals surface area contributed by atoms with Gasteiger partial charge >= 0.3 is 0 Å². The number of hydrogen-bond donors (Lipinski definition) is 1. The minimum atomic E-state index is 0.875. The molecule has 0 spiro atoms. The van der Waals surface area contributed by atoms with Crippen LogP contribution in [0.1, 0.15) is 44.3 Å². The smallest absolute Gasteiger partial charge is 0.206 e. The molecule has 0 atom stereocenters. The van der Waals surface area contributed by atoms with E-state index in [4.69, 9.17) is 4.98 Å². The molecule has 19 heavy (non-hydrogen) atoms. The van der Waals surface area contributed by atoms with Crippen LogP contribution in [0.2, 0.25) is 0 Å². The van der Waals surface area contributed by atoms with Crippen LogP contribution < -0.4 is 5.32 Å². The maximum Gasteiger partial charge on any atom is 0.206 e. The maximum atomic E-state index is 4.76. The van der Waals surface area contributed by atoms with Crippen molar-refractivity contribution in [1.82, 2.24) is 15.2 Å². The van der Waals surface area contributed by atoms with Crippen molar-refractivity contribution in [2.75, 3.05) is 11.9 Å². The number of thiazole rings is 1. The minimum Gasteiger partial charge on any atom is -0.360 e. The first-order valence-corrected chi connectivity index (χ1v) is 8.48. The van der Waals surface area contributed by atoms with Crippen LogP contribution in [0.5, 0.6) is 0 Å². The summed E-state index contributed by atoms with van der Waals surface area (Å²) in [5.74, 6) is 0. The van der Waals surface area contributed by atoms with Gasteiger partial charge in [0.2, 0.25) is 5.13 Å². The molecule has 2 rings (SSSR count). The first kappa shape index (κ1) is 14.4. The van der Waals surface area contributed by atoms with Crippen LogP contribution in [0.4, 0.5) is 5.13 Å². The second-order valence-corrected chi connectivity index (χ2v) is 6.39. The van der Waals surface area contributed by atoms with Gasteiger partial charge in [0, 0.05) is 6.54 Å². The second kappa shape index (κ2) is 6.96. The molecule has 6 heteroatoms. The molecule has 0 aromatic carbocycles. The lowest BCUT2D eigenvalue weighted by Gasteiger charge is -1.95. The summed E-state index contributed by atoms with van der Waals surface area (Å²) in [5, 5.41) is 14.8. The van der Waals surface area contributed by atoms with Crippen molar-refractivity contribution in [3.8, 4) is 9.88 Å². The van der Waals surface area contributed by atoms with E-state index in [1.54, 1.807) is 22.7 Å². The summed E-state index contributed by atoms with van der Waals surface area (Å²) >= 11 is 3.40. The van der Waals surface area contributed by atoms with E-state index in [-0.39, 0.29) is 0 Å². The number of rotatable bonds is 7. The maximum absolute atomic E-state index is 4.76. The second-order valence-electron chi connectivity index (χ2n) is 4.33. The molecule has 4 nitrogen and oxygen atoms in total. The molecular weight excluding hydrogens is 276 g/mol. The fraction of sp³-hybridized carbons (Fsp3) is 0.615. The summed E-state index contributed by atoms with van der Waals surface area (Å²) < 4.78 is 0. The Morgan fingerprint density at radius 1 is 1.00 bits per heavy atom. The van der Waals surface area contributed by atoms with Gasteiger partial charge < -0.3 is 5.32 Å². The summed E-state index contributed by atoms with van der Waals surface area (Å²) in [7, 11) is 0. The Hall–Kier alpha value is -1.01. The van der Waals surface area contributed by atoms with Gasteiger partial charge in [0.15, 0.2) is 5.01 Å². The van der Waals surface area contributed by atoms with E-state index in [0.29, 0.717) is 0 Å². The Kier molecular flexibility index (Phi) is 5.27. The van der Waals surface area contributed by atoms with Crippen LogP contribution in [-0.2, 0) is 12.8 Å². The van der Waals surface area contributed by atoms with Crippen LogP contribution in [-0.4, -0.2) is 21.7 Å². The summed E-state index contributed by atoms with van der Waals surface area (Å²) in [5.41, 5.74) is 1.19. The van der Waals surface area contributed by atoms with E-state index in [2.05, 4.69) is 36.3 Å². The number of nitrogens with zero attached hydrogens (tertiary/aromatic N) is 3. The Balaban J connectivity index is 2.29. The number of aryl methyl sites for hydroxylation is 2. The van der Waals surface area contributed by atoms with E-state index in [1.807, 2.05) is 0 Å². The fourth-order valence-electron chi connectivity index (χ4n) is 1.83. The molecule has 2 heterocycles. The van der Waals surface area contributed by atoms with Crippen LogP contribution in [0.3, 0.4) is 0 Å². The lowest BCUT2D eigenvalue weighted by atomic mass is 10.2. The van der Waals surface area contributed by atoms with Gasteiger partial charge in [0.1, 0.15) is 0 Å². The van der Waals surface area contributed by atoms with Gasteiger partial charge in [0.05, 0.1) is 15.6 Å². The normalized spacial score (nSPS) is 10.9. The largest absolute Gasteiger partial charge is 0.360 e. The molecule has 0 fully saturated rings. The number of anilines is 1. The van der Waals surface area contributed by atoms with Gasteiger partial charge in [-0.25, -0.2) is 4.98 Å². The highest BCUT2D eigenvalue weighted by Crippen LogP contribution is 2.35. The van der Waals surface area contributed by atoms with Gasteiger partial charge in [-0.05, 0) is 26.2 Å². The number of aromatic nitrogens is 3. The lowest BCUT2D eigenvalue weighted by molar-refractivity contribution is 0.858. The molecule has 0 aliphatic carbocycles. The van der Waals surface area contributed by atoms with Crippen molar-refractivity contribution in [2.45, 2.75) is 46.5 Å². The Morgan fingerprint density at radius 3 is 2.47 bits per heavy atom. The minimum absolute atomic E-state index is 0.875. The van der Waals surface area contributed by atoms with Crippen LogP contribution in [0, 0.1) is 0 Å². The monoisotopic (exact) mass is 296 g/mol. The summed E-state index contributed by atoms with van der Waals surface area (Å²) in [4.78, 5) is 5.97. The van der Waals surface area contributed by atoms with E-state index in [0.717, 1.165) is 42.4 Å². The molecule has 2 aromatic rings. The van der Waals surface area contributed by atoms with Crippen LogP contribution in [0.25, 0.3) is 9.88 Å². The molecule has 0 aliphatic rings. The van der Waals surface area contributed by atoms with Crippen LogP contribution >= 0.6 is 22.7 Å². The summed E-state index contributed by atoms with van der Waals surface area (Å²) in [6, 6.07) is 0. The lowest BCUT2D eigenvalue weighted by Crippen LogP contribution is -1.94. The van der Waals surface area contributed by atoms with Gasteiger partial charge in [0.25, 0.3) is 0 Å². The molecule has 0 bridgehead atoms. The third-order valence-corrected chi connectivity index (χ3v) is 4.83. The molecular formula is C13H20N4S2. The zero-order chi connectivity index (χ0) is 13.7. The van der Waals surface area contributed by atoms with E-state index in [1.165, 1.54) is 15.6 Å². The summed E-state index contributed by atoms with van der Waals surface area (Å²) in [6.45, 7) is 7.32. The molecule has 2 aromatic heterocycles. The van der Waals surface area contributed by atoms with Crippen molar-refractivity contribution in [1.29, 1.82) is 0 Å². The average Bonchev–Trinajstić information content (AvgIpc) is 2.98. The third kappa shape index (κ3) is 3.51. The average molecular weight is 296 g/mol. The van der Waals surface area contributed by atoms with Crippen LogP contribution in [0.15, 0.2) is 0 Å². The van der Waals surface area contributed by atoms with E-state index < -0.39 is 0 Å². The highest BCUT2D eigenvalue weighted by Gasteiger charge is 2.16. The molecule has 0 unspecified atom stereocenters. The number of hydrogen-bond acceptors (Lipinski definition) is 6. The van der Waals surface area contributed by atoms with Gasteiger partial charge in [-0.3, -0.25) is 0 Å². The topological polar surface area (TPSA) is 50.7 Å². The molecule has 0 radical (unpaired) electrons. The highest BCUT2D eigenvalue weighted by molar-refractivity contribution is 7.23. The predicted octanol–water partition coefficient (Wildman–Crippen LogP) is 4.00. The number of nitrogens with one attached hydrogen (secondary N) is 1. The summed E-state index contributed by atoms with van der Waals surface area (Å²) in [6.07, 6.45) is 4.32. The third-order valence-electron chi connectivity index (χ3n) is 2.64. The van der Waals surface area contributed by atoms with Crippen molar-refractivity contribution < 1.29 is 0 Å². The standard InChI is InChI=1S/C13H20N4S2/c1-4-7-9-11(18-10(15-9)8-5-2)12-16-17-13(19-12)14-6-3/h4-8H2,1-3H3,(H,14,17). The molecule has 0 aliphatic heterocycles. The van der Waals surface area contributed by atoms with Gasteiger partial charge in [-0.15, -0.1) is 21.5 Å².